The normalized spacial score (nSPS) is 14.4. The van der Waals surface area contributed by atoms with E-state index >= 15 is 0 Å². The van der Waals surface area contributed by atoms with Gasteiger partial charge in [-0.15, -0.1) is 0 Å². The average Bonchev–Trinajstić information content (AvgIpc) is 2.98. The van der Waals surface area contributed by atoms with Crippen LogP contribution in [0, 0.1) is 21.4 Å². The van der Waals surface area contributed by atoms with Crippen molar-refractivity contribution in [3.63, 3.8) is 0 Å². The standard InChI is InChI=1S/C19H16N4O3S/c1-21(2)15-9-8-12(23(25)26)10-13(15)18(24)14(11-20)19-22(3)16-6-4-5-7-17(16)27-19/h4-10H,1-3H3/b19-14+. The number of carbonyl (C=O) groups is 1. The van der Waals surface area contributed by atoms with E-state index in [1.807, 2.05) is 30.3 Å². The van der Waals surface area contributed by atoms with Crippen molar-refractivity contribution >= 4 is 34.6 Å². The van der Waals surface area contributed by atoms with Crippen LogP contribution in [0.15, 0.2) is 58.0 Å². The fourth-order valence-electron chi connectivity index (χ4n) is 2.86. The maximum atomic E-state index is 13.2. The maximum Gasteiger partial charge on any atom is 0.270 e. The van der Waals surface area contributed by atoms with Crippen molar-refractivity contribution in [2.75, 3.05) is 30.9 Å². The monoisotopic (exact) mass is 380 g/mol. The Kier molecular flexibility index (Phi) is 4.88. The van der Waals surface area contributed by atoms with Gasteiger partial charge in [0.2, 0.25) is 5.78 Å². The topological polar surface area (TPSA) is 90.5 Å². The number of hydrogen-bond donors (Lipinski definition) is 0. The molecule has 1 aliphatic rings. The molecule has 0 saturated heterocycles. The lowest BCUT2D eigenvalue weighted by Gasteiger charge is -2.18. The highest BCUT2D eigenvalue weighted by Crippen LogP contribution is 2.46. The number of non-ortho nitro benzene ring substituents is 1. The summed E-state index contributed by atoms with van der Waals surface area (Å²) >= 11 is 1.34. The molecule has 0 radical (unpaired) electrons. The molecule has 0 N–H and O–H groups in total. The molecule has 0 saturated carbocycles. The summed E-state index contributed by atoms with van der Waals surface area (Å²) in [5.74, 6) is -0.535. The van der Waals surface area contributed by atoms with Crippen molar-refractivity contribution in [3.05, 3.63) is 68.7 Å². The second kappa shape index (κ2) is 7.13. The van der Waals surface area contributed by atoms with Crippen LogP contribution in [-0.4, -0.2) is 31.8 Å². The van der Waals surface area contributed by atoms with Gasteiger partial charge in [0.15, 0.2) is 0 Å². The van der Waals surface area contributed by atoms with E-state index in [2.05, 4.69) is 0 Å². The molecule has 0 bridgehead atoms. The molecule has 0 unspecified atom stereocenters. The van der Waals surface area contributed by atoms with Crippen molar-refractivity contribution in [2.24, 2.45) is 0 Å². The fraction of sp³-hybridized carbons (Fsp3) is 0.158. The predicted octanol–water partition coefficient (Wildman–Crippen LogP) is 3.82. The zero-order valence-corrected chi connectivity index (χ0v) is 15.8. The number of nitro benzene ring substituents is 1. The highest BCUT2D eigenvalue weighted by molar-refractivity contribution is 8.03. The molecule has 0 aromatic heterocycles. The van der Waals surface area contributed by atoms with Crippen LogP contribution in [0.5, 0.6) is 0 Å². The van der Waals surface area contributed by atoms with Crippen LogP contribution >= 0.6 is 11.8 Å². The molecule has 0 amide bonds. The number of ketones is 1. The molecule has 1 heterocycles. The summed E-state index contributed by atoms with van der Waals surface area (Å²) in [7, 11) is 5.27. The Hall–Kier alpha value is -3.31. The molecule has 0 fully saturated rings. The highest BCUT2D eigenvalue weighted by Gasteiger charge is 2.30. The molecule has 7 nitrogen and oxygen atoms in total. The molecule has 2 aromatic rings. The van der Waals surface area contributed by atoms with E-state index in [-0.39, 0.29) is 16.8 Å². The predicted molar refractivity (Wildman–Crippen MR) is 105 cm³/mol. The third-order valence-corrected chi connectivity index (χ3v) is 5.44. The van der Waals surface area contributed by atoms with Gasteiger partial charge in [-0.25, -0.2) is 0 Å². The number of carbonyl (C=O) groups excluding carboxylic acids is 1. The quantitative estimate of drug-likeness (QED) is 0.262. The van der Waals surface area contributed by atoms with Gasteiger partial charge in [-0.2, -0.15) is 5.26 Å². The van der Waals surface area contributed by atoms with Gasteiger partial charge in [0, 0.05) is 43.9 Å². The van der Waals surface area contributed by atoms with Crippen molar-refractivity contribution < 1.29 is 9.72 Å². The minimum Gasteiger partial charge on any atom is -0.377 e. The van der Waals surface area contributed by atoms with E-state index < -0.39 is 10.7 Å². The van der Waals surface area contributed by atoms with E-state index in [0.29, 0.717) is 10.7 Å². The molecule has 0 spiro atoms. The Labute approximate surface area is 160 Å². The summed E-state index contributed by atoms with van der Waals surface area (Å²) in [4.78, 5) is 28.2. The lowest BCUT2D eigenvalue weighted by Crippen LogP contribution is -2.18. The summed E-state index contributed by atoms with van der Waals surface area (Å²) in [6.07, 6.45) is 0. The fourth-order valence-corrected chi connectivity index (χ4v) is 4.00. The number of hydrogen-bond acceptors (Lipinski definition) is 7. The zero-order valence-electron chi connectivity index (χ0n) is 15.0. The average molecular weight is 380 g/mol. The van der Waals surface area contributed by atoms with Crippen LogP contribution in [0.3, 0.4) is 0 Å². The molecule has 1 aliphatic heterocycles. The molecular formula is C19H16N4O3S. The third-order valence-electron chi connectivity index (χ3n) is 4.21. The van der Waals surface area contributed by atoms with E-state index in [9.17, 15) is 20.2 Å². The zero-order chi connectivity index (χ0) is 19.7. The van der Waals surface area contributed by atoms with Crippen LogP contribution in [0.4, 0.5) is 17.1 Å². The first-order valence-electron chi connectivity index (χ1n) is 8.00. The molecule has 136 valence electrons. The number of nitriles is 1. The molecule has 0 atom stereocenters. The van der Waals surface area contributed by atoms with Crippen molar-refractivity contribution in [1.29, 1.82) is 5.26 Å². The van der Waals surface area contributed by atoms with Crippen molar-refractivity contribution in [1.82, 2.24) is 0 Å². The second-order valence-corrected chi connectivity index (χ2v) is 7.13. The van der Waals surface area contributed by atoms with Crippen LogP contribution in [0.1, 0.15) is 10.4 Å². The largest absolute Gasteiger partial charge is 0.377 e. The Balaban J connectivity index is 2.14. The first-order chi connectivity index (χ1) is 12.8. The van der Waals surface area contributed by atoms with Crippen molar-refractivity contribution in [3.8, 4) is 6.07 Å². The number of allylic oxidation sites excluding steroid dienone is 1. The smallest absolute Gasteiger partial charge is 0.270 e. The number of fused-ring (bicyclic) bond motifs is 1. The van der Waals surface area contributed by atoms with E-state index in [1.165, 1.54) is 30.0 Å². The van der Waals surface area contributed by atoms with E-state index in [1.54, 1.807) is 30.9 Å². The SMILES string of the molecule is CN(C)c1ccc([N+](=O)[O-])cc1C(=O)/C(C#N)=C1/Sc2ccccc2N1C. The molecule has 8 heteroatoms. The van der Waals surface area contributed by atoms with Gasteiger partial charge in [-0.3, -0.25) is 14.9 Å². The lowest BCUT2D eigenvalue weighted by molar-refractivity contribution is -0.384. The van der Waals surface area contributed by atoms with E-state index in [0.717, 1.165) is 10.6 Å². The van der Waals surface area contributed by atoms with Crippen LogP contribution < -0.4 is 9.80 Å². The first kappa shape index (κ1) is 18.5. The van der Waals surface area contributed by atoms with Gasteiger partial charge < -0.3 is 9.80 Å². The number of thioether (sulfide) groups is 1. The lowest BCUT2D eigenvalue weighted by atomic mass is 10.0. The van der Waals surface area contributed by atoms with Gasteiger partial charge in [-0.1, -0.05) is 23.9 Å². The Morgan fingerprint density at radius 2 is 1.96 bits per heavy atom. The Morgan fingerprint density at radius 1 is 1.26 bits per heavy atom. The second-order valence-electron chi connectivity index (χ2n) is 6.10. The minimum atomic E-state index is -0.554. The molecule has 2 aromatic carbocycles. The number of anilines is 2. The van der Waals surface area contributed by atoms with Crippen LogP contribution in [-0.2, 0) is 0 Å². The summed E-state index contributed by atoms with van der Waals surface area (Å²) < 4.78 is 0. The van der Waals surface area contributed by atoms with Gasteiger partial charge in [0.1, 0.15) is 16.7 Å². The number of rotatable bonds is 4. The number of Topliss-reactive ketones (excluding diaryl/α,β-unsaturated/α-hetero) is 1. The Bertz CT molecular complexity index is 1020. The van der Waals surface area contributed by atoms with Gasteiger partial charge in [0.05, 0.1) is 16.2 Å². The number of nitrogens with zero attached hydrogens (tertiary/aromatic N) is 4. The van der Waals surface area contributed by atoms with E-state index in [4.69, 9.17) is 0 Å². The summed E-state index contributed by atoms with van der Waals surface area (Å²) in [5.41, 5.74) is 1.32. The van der Waals surface area contributed by atoms with Gasteiger partial charge in [0.25, 0.3) is 5.69 Å². The molecule has 3 rings (SSSR count). The minimum absolute atomic E-state index is 0.0395. The van der Waals surface area contributed by atoms with Crippen LogP contribution in [0.2, 0.25) is 0 Å². The summed E-state index contributed by atoms with van der Waals surface area (Å²) in [5, 5.41) is 21.4. The summed E-state index contributed by atoms with van der Waals surface area (Å²) in [6.45, 7) is 0. The summed E-state index contributed by atoms with van der Waals surface area (Å²) in [6, 6.07) is 13.7. The first-order valence-corrected chi connectivity index (χ1v) is 8.82. The number of nitro groups is 1. The number of para-hydroxylation sites is 1. The maximum absolute atomic E-state index is 13.2. The van der Waals surface area contributed by atoms with Gasteiger partial charge in [-0.05, 0) is 18.2 Å². The molecule has 27 heavy (non-hydrogen) atoms. The third kappa shape index (κ3) is 3.25. The molecular weight excluding hydrogens is 364 g/mol. The van der Waals surface area contributed by atoms with Gasteiger partial charge >= 0.3 is 0 Å². The van der Waals surface area contributed by atoms with Crippen LogP contribution in [0.25, 0.3) is 0 Å². The number of benzene rings is 2. The Morgan fingerprint density at radius 3 is 2.56 bits per heavy atom. The highest BCUT2D eigenvalue weighted by atomic mass is 32.2. The molecule has 0 aliphatic carbocycles. The van der Waals surface area contributed by atoms with Crippen molar-refractivity contribution in [2.45, 2.75) is 4.90 Å².